The van der Waals surface area contributed by atoms with Crippen LogP contribution in [-0.2, 0) is 10.0 Å². The molecule has 0 radical (unpaired) electrons. The van der Waals surface area contributed by atoms with Gasteiger partial charge in [0.2, 0.25) is 0 Å². The van der Waals surface area contributed by atoms with Gasteiger partial charge in [-0.15, -0.1) is 0 Å². The highest BCUT2D eigenvalue weighted by Crippen LogP contribution is 2.27. The van der Waals surface area contributed by atoms with E-state index < -0.39 is 15.8 Å². The monoisotopic (exact) mass is 348 g/mol. The molecule has 21 heavy (non-hydrogen) atoms. The Balaban J connectivity index is 2.49. The van der Waals surface area contributed by atoms with Crippen LogP contribution in [0.15, 0.2) is 41.4 Å². The number of pyridine rings is 1. The minimum atomic E-state index is -3.85. The van der Waals surface area contributed by atoms with Gasteiger partial charge in [0.1, 0.15) is 15.9 Å². The second kappa shape index (κ2) is 6.17. The van der Waals surface area contributed by atoms with E-state index in [2.05, 4.69) is 4.98 Å². The first kappa shape index (κ1) is 16.0. The number of hydrogen-bond donors (Lipinski definition) is 0. The number of rotatable bonds is 4. The molecule has 0 amide bonds. The summed E-state index contributed by atoms with van der Waals surface area (Å²) in [6.45, 7) is 1.85. The number of anilines is 1. The summed E-state index contributed by atoms with van der Waals surface area (Å²) in [5.74, 6) is -0.441. The molecule has 0 saturated carbocycles. The Morgan fingerprint density at radius 2 is 1.86 bits per heavy atom. The van der Waals surface area contributed by atoms with Crippen molar-refractivity contribution in [2.75, 3.05) is 10.8 Å². The van der Waals surface area contributed by atoms with Crippen LogP contribution in [0.25, 0.3) is 0 Å². The number of aromatic nitrogens is 1. The van der Waals surface area contributed by atoms with Crippen molar-refractivity contribution in [1.29, 1.82) is 0 Å². The molecule has 0 atom stereocenters. The molecule has 112 valence electrons. The number of nitrogens with zero attached hydrogens (tertiary/aromatic N) is 2. The molecule has 0 aliphatic heterocycles. The number of hydrogen-bond acceptors (Lipinski definition) is 3. The van der Waals surface area contributed by atoms with Crippen molar-refractivity contribution in [3.63, 3.8) is 0 Å². The SMILES string of the molecule is CCN(c1ccc(F)cc1)S(=O)(=O)c1cnc(Cl)c(Cl)c1. The lowest BCUT2D eigenvalue weighted by Crippen LogP contribution is -2.30. The van der Waals surface area contributed by atoms with Gasteiger partial charge in [0.05, 0.1) is 10.7 Å². The van der Waals surface area contributed by atoms with E-state index >= 15 is 0 Å². The topological polar surface area (TPSA) is 50.3 Å². The van der Waals surface area contributed by atoms with E-state index in [4.69, 9.17) is 23.2 Å². The van der Waals surface area contributed by atoms with Crippen LogP contribution in [0, 0.1) is 5.82 Å². The lowest BCUT2D eigenvalue weighted by Gasteiger charge is -2.22. The van der Waals surface area contributed by atoms with Gasteiger partial charge in [-0.1, -0.05) is 23.2 Å². The quantitative estimate of drug-likeness (QED) is 0.790. The van der Waals surface area contributed by atoms with Gasteiger partial charge < -0.3 is 0 Å². The molecule has 0 N–H and O–H groups in total. The highest BCUT2D eigenvalue weighted by Gasteiger charge is 2.24. The third kappa shape index (κ3) is 3.28. The predicted octanol–water partition coefficient (Wildman–Crippen LogP) is 3.74. The van der Waals surface area contributed by atoms with Crippen LogP contribution in [0.1, 0.15) is 6.92 Å². The van der Waals surface area contributed by atoms with Crippen LogP contribution < -0.4 is 4.31 Å². The van der Waals surface area contributed by atoms with Crippen molar-refractivity contribution < 1.29 is 12.8 Å². The van der Waals surface area contributed by atoms with Crippen molar-refractivity contribution >= 4 is 38.9 Å². The van der Waals surface area contributed by atoms with E-state index in [9.17, 15) is 12.8 Å². The second-order valence-corrected chi connectivity index (χ2v) is 6.72. The molecule has 0 fully saturated rings. The first-order valence-corrected chi connectivity index (χ1v) is 8.15. The molecular formula is C13H11Cl2FN2O2S. The van der Waals surface area contributed by atoms with Gasteiger partial charge in [-0.25, -0.2) is 17.8 Å². The molecule has 1 aromatic heterocycles. The molecule has 0 aliphatic rings. The predicted molar refractivity (Wildman–Crippen MR) is 80.9 cm³/mol. The molecule has 0 bridgehead atoms. The Morgan fingerprint density at radius 3 is 2.38 bits per heavy atom. The minimum absolute atomic E-state index is 0.0282. The van der Waals surface area contributed by atoms with Crippen LogP contribution in [0.3, 0.4) is 0 Å². The zero-order valence-corrected chi connectivity index (χ0v) is 13.3. The van der Waals surface area contributed by atoms with Crippen molar-refractivity contribution in [1.82, 2.24) is 4.98 Å². The average Bonchev–Trinajstić information content (AvgIpc) is 2.44. The van der Waals surface area contributed by atoms with Gasteiger partial charge in [-0.05, 0) is 37.3 Å². The summed E-state index contributed by atoms with van der Waals surface area (Å²) in [5, 5.41) is 0.0772. The number of sulfonamides is 1. The van der Waals surface area contributed by atoms with E-state index in [1.807, 2.05) is 0 Å². The fraction of sp³-hybridized carbons (Fsp3) is 0.154. The van der Waals surface area contributed by atoms with E-state index in [1.54, 1.807) is 6.92 Å². The number of halogens is 3. The minimum Gasteiger partial charge on any atom is -0.267 e. The van der Waals surface area contributed by atoms with Gasteiger partial charge >= 0.3 is 0 Å². The smallest absolute Gasteiger partial charge is 0.265 e. The summed E-state index contributed by atoms with van der Waals surface area (Å²) < 4.78 is 39.3. The van der Waals surface area contributed by atoms with E-state index in [-0.39, 0.29) is 21.6 Å². The van der Waals surface area contributed by atoms with E-state index in [0.717, 1.165) is 10.5 Å². The molecular weight excluding hydrogens is 338 g/mol. The standard InChI is InChI=1S/C13H11Cl2FN2O2S/c1-2-18(10-5-3-9(16)4-6-10)21(19,20)11-7-12(14)13(15)17-8-11/h3-8H,2H2,1H3. The molecule has 0 aliphatic carbocycles. The van der Waals surface area contributed by atoms with Crippen molar-refractivity contribution in [2.24, 2.45) is 0 Å². The molecule has 0 saturated heterocycles. The van der Waals surface area contributed by atoms with Crippen molar-refractivity contribution in [3.05, 3.63) is 52.5 Å². The Labute approximate surface area is 132 Å². The third-order valence-electron chi connectivity index (χ3n) is 2.76. The molecule has 2 aromatic rings. The summed E-state index contributed by atoms with van der Waals surface area (Å²) in [6, 6.07) is 6.41. The van der Waals surface area contributed by atoms with Gasteiger partial charge in [0.15, 0.2) is 0 Å². The zero-order chi connectivity index (χ0) is 15.6. The highest BCUT2D eigenvalue weighted by atomic mass is 35.5. The first-order chi connectivity index (χ1) is 9.86. The molecule has 0 unspecified atom stereocenters. The lowest BCUT2D eigenvalue weighted by molar-refractivity contribution is 0.591. The number of benzene rings is 1. The molecule has 2 rings (SSSR count). The summed E-state index contributed by atoms with van der Waals surface area (Å²) >= 11 is 11.5. The molecule has 1 heterocycles. The molecule has 1 aromatic carbocycles. The first-order valence-electron chi connectivity index (χ1n) is 5.95. The average molecular weight is 349 g/mol. The molecule has 0 spiro atoms. The fourth-order valence-corrected chi connectivity index (χ4v) is 3.55. The Bertz CT molecular complexity index is 751. The van der Waals surface area contributed by atoms with Gasteiger partial charge in [0, 0.05) is 12.7 Å². The van der Waals surface area contributed by atoms with Gasteiger partial charge in [-0.2, -0.15) is 0 Å². The summed E-state index contributed by atoms with van der Waals surface area (Å²) in [6.07, 6.45) is 1.13. The maximum atomic E-state index is 13.0. The highest BCUT2D eigenvalue weighted by molar-refractivity contribution is 7.92. The fourth-order valence-electron chi connectivity index (χ4n) is 1.77. The maximum absolute atomic E-state index is 13.0. The van der Waals surface area contributed by atoms with Crippen LogP contribution in [0.4, 0.5) is 10.1 Å². The van der Waals surface area contributed by atoms with Gasteiger partial charge in [0.25, 0.3) is 10.0 Å². The van der Waals surface area contributed by atoms with Crippen LogP contribution in [0.5, 0.6) is 0 Å². The Hall–Kier alpha value is -1.37. The van der Waals surface area contributed by atoms with Crippen LogP contribution in [-0.4, -0.2) is 19.9 Å². The normalized spacial score (nSPS) is 11.4. The summed E-state index contributed by atoms with van der Waals surface area (Å²) in [5.41, 5.74) is 0.352. The van der Waals surface area contributed by atoms with Gasteiger partial charge in [-0.3, -0.25) is 4.31 Å². The maximum Gasteiger partial charge on any atom is 0.265 e. The second-order valence-electron chi connectivity index (χ2n) is 4.09. The van der Waals surface area contributed by atoms with Crippen LogP contribution >= 0.6 is 23.2 Å². The van der Waals surface area contributed by atoms with Crippen molar-refractivity contribution in [3.8, 4) is 0 Å². The molecule has 4 nitrogen and oxygen atoms in total. The molecule has 8 heteroatoms. The van der Waals surface area contributed by atoms with E-state index in [1.165, 1.54) is 30.3 Å². The summed E-state index contributed by atoms with van der Waals surface area (Å²) in [7, 11) is -3.85. The largest absolute Gasteiger partial charge is 0.267 e. The lowest BCUT2D eigenvalue weighted by atomic mass is 10.3. The Kier molecular flexibility index (Phi) is 4.70. The van der Waals surface area contributed by atoms with Crippen LogP contribution in [0.2, 0.25) is 10.2 Å². The third-order valence-corrected chi connectivity index (χ3v) is 5.32. The Morgan fingerprint density at radius 1 is 1.24 bits per heavy atom. The van der Waals surface area contributed by atoms with Crippen molar-refractivity contribution in [2.45, 2.75) is 11.8 Å². The zero-order valence-electron chi connectivity index (χ0n) is 10.9. The van der Waals surface area contributed by atoms with E-state index in [0.29, 0.717) is 5.69 Å². The summed E-state index contributed by atoms with van der Waals surface area (Å²) in [4.78, 5) is 3.66.